The molecule has 1 aromatic carbocycles. The number of nitrogens with one attached hydrogen (secondary N) is 1. The lowest BCUT2D eigenvalue weighted by atomic mass is 9.86. The number of hydrogen-bond acceptors (Lipinski definition) is 3. The van der Waals surface area contributed by atoms with Crippen molar-refractivity contribution in [1.82, 2.24) is 5.32 Å². The molecule has 4 nitrogen and oxygen atoms in total. The third-order valence-electron chi connectivity index (χ3n) is 4.32. The maximum Gasteiger partial charge on any atom is 0.255 e. The maximum absolute atomic E-state index is 12.3. The van der Waals surface area contributed by atoms with Gasteiger partial charge < -0.3 is 15.2 Å². The van der Waals surface area contributed by atoms with Crippen LogP contribution in [0.15, 0.2) is 18.2 Å². The van der Waals surface area contributed by atoms with Crippen molar-refractivity contribution in [3.8, 4) is 5.75 Å². The van der Waals surface area contributed by atoms with Crippen LogP contribution in [0.3, 0.4) is 0 Å². The molecule has 1 unspecified atom stereocenters. The van der Waals surface area contributed by atoms with Crippen LogP contribution in [-0.2, 0) is 4.74 Å². The van der Waals surface area contributed by atoms with E-state index >= 15 is 0 Å². The Labute approximate surface area is 130 Å². The highest BCUT2D eigenvalue weighted by molar-refractivity contribution is 6.30. The number of halogens is 1. The van der Waals surface area contributed by atoms with E-state index in [4.69, 9.17) is 16.3 Å². The summed E-state index contributed by atoms with van der Waals surface area (Å²) in [6, 6.07) is 4.59. The van der Waals surface area contributed by atoms with Gasteiger partial charge in [-0.2, -0.15) is 0 Å². The van der Waals surface area contributed by atoms with Crippen molar-refractivity contribution in [2.24, 2.45) is 0 Å². The number of carbonyl (C=O) groups is 1. The van der Waals surface area contributed by atoms with E-state index in [9.17, 15) is 9.90 Å². The van der Waals surface area contributed by atoms with Gasteiger partial charge in [0.15, 0.2) is 0 Å². The highest BCUT2D eigenvalue weighted by Gasteiger charge is 2.35. The molecule has 0 aromatic heterocycles. The number of phenolic OH excluding ortho intramolecular Hbond substituents is 1. The summed E-state index contributed by atoms with van der Waals surface area (Å²) < 4.78 is 5.90. The van der Waals surface area contributed by atoms with Crippen molar-refractivity contribution in [1.29, 1.82) is 0 Å². The van der Waals surface area contributed by atoms with E-state index in [1.54, 1.807) is 12.1 Å². The molecule has 0 aliphatic carbocycles. The summed E-state index contributed by atoms with van der Waals surface area (Å²) in [5.41, 5.74) is 0.114. The summed E-state index contributed by atoms with van der Waals surface area (Å²) >= 11 is 5.78. The van der Waals surface area contributed by atoms with Crippen molar-refractivity contribution in [3.63, 3.8) is 0 Å². The molecule has 1 heterocycles. The van der Waals surface area contributed by atoms with Gasteiger partial charge in [0.1, 0.15) is 5.75 Å². The predicted octanol–water partition coefficient (Wildman–Crippen LogP) is 3.51. The lowest BCUT2D eigenvalue weighted by molar-refractivity contribution is -0.0917. The van der Waals surface area contributed by atoms with Crippen LogP contribution >= 0.6 is 11.6 Å². The van der Waals surface area contributed by atoms with Crippen molar-refractivity contribution in [3.05, 3.63) is 28.8 Å². The SMILES string of the molecule is CCC1(CC)CC(NC(=O)c2ccc(Cl)cc2O)CCO1. The van der Waals surface area contributed by atoms with Crippen LogP contribution in [0.4, 0.5) is 0 Å². The Morgan fingerprint density at radius 2 is 2.19 bits per heavy atom. The number of hydrogen-bond donors (Lipinski definition) is 2. The molecule has 5 heteroatoms. The van der Waals surface area contributed by atoms with Gasteiger partial charge in [0, 0.05) is 17.7 Å². The quantitative estimate of drug-likeness (QED) is 0.894. The molecule has 21 heavy (non-hydrogen) atoms. The van der Waals surface area contributed by atoms with E-state index in [2.05, 4.69) is 19.2 Å². The molecule has 1 amide bonds. The molecule has 116 valence electrons. The molecule has 1 aliphatic rings. The molecule has 1 aromatic rings. The zero-order valence-corrected chi connectivity index (χ0v) is 13.2. The minimum atomic E-state index is -0.267. The fourth-order valence-electron chi connectivity index (χ4n) is 2.85. The second kappa shape index (κ2) is 6.67. The Kier molecular flexibility index (Phi) is 5.12. The van der Waals surface area contributed by atoms with Crippen LogP contribution in [-0.4, -0.2) is 29.3 Å². The molecule has 0 spiro atoms. The van der Waals surface area contributed by atoms with E-state index in [-0.39, 0.29) is 28.9 Å². The van der Waals surface area contributed by atoms with E-state index in [1.807, 2.05) is 0 Å². The third-order valence-corrected chi connectivity index (χ3v) is 4.56. The zero-order chi connectivity index (χ0) is 15.5. The third kappa shape index (κ3) is 3.69. The highest BCUT2D eigenvalue weighted by atomic mass is 35.5. The summed E-state index contributed by atoms with van der Waals surface area (Å²) in [7, 11) is 0. The Morgan fingerprint density at radius 1 is 1.48 bits per heavy atom. The maximum atomic E-state index is 12.3. The largest absolute Gasteiger partial charge is 0.507 e. The normalized spacial score (nSPS) is 21.0. The highest BCUT2D eigenvalue weighted by Crippen LogP contribution is 2.31. The smallest absolute Gasteiger partial charge is 0.255 e. The molecule has 2 rings (SSSR count). The number of phenols is 1. The van der Waals surface area contributed by atoms with Crippen LogP contribution in [0.2, 0.25) is 5.02 Å². The van der Waals surface area contributed by atoms with Crippen molar-refractivity contribution in [2.45, 2.75) is 51.2 Å². The average molecular weight is 312 g/mol. The number of amides is 1. The number of aromatic hydroxyl groups is 1. The molecule has 1 aliphatic heterocycles. The van der Waals surface area contributed by atoms with E-state index in [1.165, 1.54) is 6.07 Å². The van der Waals surface area contributed by atoms with Gasteiger partial charge in [0.25, 0.3) is 5.91 Å². The fourth-order valence-corrected chi connectivity index (χ4v) is 3.02. The van der Waals surface area contributed by atoms with Crippen LogP contribution in [0.1, 0.15) is 49.9 Å². The first-order chi connectivity index (χ1) is 9.99. The summed E-state index contributed by atoms with van der Waals surface area (Å²) in [5.74, 6) is -0.360. The molecule has 0 radical (unpaired) electrons. The summed E-state index contributed by atoms with van der Waals surface area (Å²) in [6.07, 6.45) is 3.46. The van der Waals surface area contributed by atoms with Gasteiger partial charge in [-0.15, -0.1) is 0 Å². The van der Waals surface area contributed by atoms with Crippen LogP contribution in [0, 0.1) is 0 Å². The van der Waals surface area contributed by atoms with Gasteiger partial charge in [-0.05, 0) is 43.9 Å². The first-order valence-electron chi connectivity index (χ1n) is 7.43. The molecule has 1 atom stereocenters. The number of rotatable bonds is 4. The van der Waals surface area contributed by atoms with E-state index < -0.39 is 0 Å². The lowest BCUT2D eigenvalue weighted by Crippen LogP contribution is -2.48. The van der Waals surface area contributed by atoms with Gasteiger partial charge in [-0.1, -0.05) is 25.4 Å². The first-order valence-corrected chi connectivity index (χ1v) is 7.81. The van der Waals surface area contributed by atoms with E-state index in [0.717, 1.165) is 25.7 Å². The Hall–Kier alpha value is -1.26. The molecular formula is C16H22ClNO3. The summed E-state index contributed by atoms with van der Waals surface area (Å²) in [6.45, 7) is 4.87. The topological polar surface area (TPSA) is 58.6 Å². The van der Waals surface area contributed by atoms with Crippen LogP contribution < -0.4 is 5.32 Å². The number of carbonyl (C=O) groups excluding carboxylic acids is 1. The molecule has 1 saturated heterocycles. The van der Waals surface area contributed by atoms with E-state index in [0.29, 0.717) is 11.6 Å². The Morgan fingerprint density at radius 3 is 2.81 bits per heavy atom. The zero-order valence-electron chi connectivity index (χ0n) is 12.5. The number of ether oxygens (including phenoxy) is 1. The fraction of sp³-hybridized carbons (Fsp3) is 0.562. The minimum Gasteiger partial charge on any atom is -0.507 e. The minimum absolute atomic E-state index is 0.0706. The molecule has 1 fully saturated rings. The van der Waals surface area contributed by atoms with Gasteiger partial charge >= 0.3 is 0 Å². The van der Waals surface area contributed by atoms with Gasteiger partial charge in [0.05, 0.1) is 11.2 Å². The monoisotopic (exact) mass is 311 g/mol. The lowest BCUT2D eigenvalue weighted by Gasteiger charge is -2.40. The summed E-state index contributed by atoms with van der Waals surface area (Å²) in [4.78, 5) is 12.3. The number of benzene rings is 1. The second-order valence-electron chi connectivity index (χ2n) is 5.56. The van der Waals surface area contributed by atoms with Crippen molar-refractivity contribution in [2.75, 3.05) is 6.61 Å². The van der Waals surface area contributed by atoms with Crippen LogP contribution in [0.5, 0.6) is 5.75 Å². The Balaban J connectivity index is 2.05. The first kappa shape index (κ1) is 16.1. The Bertz CT molecular complexity index is 514. The second-order valence-corrected chi connectivity index (χ2v) is 6.00. The molecule has 2 N–H and O–H groups in total. The molecule has 0 saturated carbocycles. The standard InChI is InChI=1S/C16H22ClNO3/c1-3-16(4-2)10-12(7-8-21-16)18-15(20)13-6-5-11(17)9-14(13)19/h5-6,9,12,19H,3-4,7-8,10H2,1-2H3,(H,18,20). The predicted molar refractivity (Wildman–Crippen MR) is 82.9 cm³/mol. The summed E-state index contributed by atoms with van der Waals surface area (Å²) in [5, 5.41) is 13.2. The van der Waals surface area contributed by atoms with Crippen LogP contribution in [0.25, 0.3) is 0 Å². The molecular weight excluding hydrogens is 290 g/mol. The van der Waals surface area contributed by atoms with Gasteiger partial charge in [-0.25, -0.2) is 0 Å². The average Bonchev–Trinajstić information content (AvgIpc) is 2.47. The molecule has 0 bridgehead atoms. The van der Waals surface area contributed by atoms with Crippen molar-refractivity contribution < 1.29 is 14.6 Å². The van der Waals surface area contributed by atoms with Crippen molar-refractivity contribution >= 4 is 17.5 Å². The van der Waals surface area contributed by atoms with Gasteiger partial charge in [0.2, 0.25) is 0 Å². The van der Waals surface area contributed by atoms with Gasteiger partial charge in [-0.3, -0.25) is 4.79 Å².